The molecule has 1 aromatic carbocycles. The summed E-state index contributed by atoms with van der Waals surface area (Å²) in [5, 5.41) is 7.18. The fourth-order valence-electron chi connectivity index (χ4n) is 3.99. The molecule has 5 aromatic heterocycles. The maximum atomic E-state index is 5.56. The van der Waals surface area contributed by atoms with Crippen LogP contribution in [0.3, 0.4) is 0 Å². The Bertz CT molecular complexity index is 1640. The number of pyridine rings is 5. The molecule has 254 valence electrons. The summed E-state index contributed by atoms with van der Waals surface area (Å²) in [5.74, 6) is 0. The Balaban J connectivity index is 0.000000584. The van der Waals surface area contributed by atoms with Crippen molar-refractivity contribution in [3.8, 4) is 0 Å². The van der Waals surface area contributed by atoms with Gasteiger partial charge in [0.25, 0.3) is 0 Å². The molecule has 6 heteroatoms. The number of aryl methyl sites for hydroxylation is 3. The first-order chi connectivity index (χ1) is 23.2. The van der Waals surface area contributed by atoms with Gasteiger partial charge in [0.15, 0.2) is 0 Å². The molecule has 5 heterocycles. The number of fused-ring (bicyclic) bond motifs is 3. The second kappa shape index (κ2) is 25.8. The van der Waals surface area contributed by atoms with Crippen LogP contribution in [-0.4, -0.2) is 29.3 Å². The van der Waals surface area contributed by atoms with E-state index in [0.717, 1.165) is 33.4 Å². The van der Waals surface area contributed by atoms with E-state index in [2.05, 4.69) is 48.4 Å². The van der Waals surface area contributed by atoms with Crippen molar-refractivity contribution in [3.05, 3.63) is 138 Å². The van der Waals surface area contributed by atoms with Crippen molar-refractivity contribution in [2.24, 2.45) is 0 Å². The summed E-state index contributed by atoms with van der Waals surface area (Å²) in [6.07, 6.45) is 12.7. The van der Waals surface area contributed by atoms with Crippen LogP contribution in [0.2, 0.25) is 0 Å². The van der Waals surface area contributed by atoms with Crippen LogP contribution in [0.1, 0.15) is 79.4 Å². The van der Waals surface area contributed by atoms with Gasteiger partial charge in [0.05, 0.1) is 0 Å². The Kier molecular flexibility index (Phi) is 23.6. The van der Waals surface area contributed by atoms with Crippen LogP contribution < -0.4 is 0 Å². The summed E-state index contributed by atoms with van der Waals surface area (Å²) in [6, 6.07) is 18.2. The van der Waals surface area contributed by atoms with Gasteiger partial charge in [-0.15, -0.1) is 0 Å². The summed E-state index contributed by atoms with van der Waals surface area (Å²) in [4.78, 5) is 20.6. The minimum absolute atomic E-state index is 0.921. The molecule has 0 aliphatic heterocycles. The van der Waals surface area contributed by atoms with E-state index in [0.29, 0.717) is 0 Å². The average Bonchev–Trinajstić information content (AvgIpc) is 3.15. The first-order valence-electron chi connectivity index (χ1n) is 16.6. The molecule has 0 unspecified atom stereocenters. The number of benzene rings is 1. The van der Waals surface area contributed by atoms with E-state index in [1.54, 1.807) is 18.6 Å². The molecule has 0 N–H and O–H groups in total. The Morgan fingerprint density at radius 3 is 1.42 bits per heavy atom. The number of hydrogen-bond donors (Lipinski definition) is 0. The van der Waals surface area contributed by atoms with Crippen molar-refractivity contribution >= 4 is 36.7 Å². The molecular weight excluding hydrogens is 758 g/mol. The number of allylic oxidation sites excluding steroid dienone is 3. The molecule has 5 nitrogen and oxygen atoms in total. The van der Waals surface area contributed by atoms with Gasteiger partial charge >= 0.3 is 67.8 Å². The van der Waals surface area contributed by atoms with Gasteiger partial charge in [0.2, 0.25) is 0 Å². The van der Waals surface area contributed by atoms with Gasteiger partial charge in [-0.3, -0.25) is 24.9 Å². The van der Waals surface area contributed by atoms with E-state index >= 15 is 0 Å². The maximum absolute atomic E-state index is 5.56. The van der Waals surface area contributed by atoms with Gasteiger partial charge in [-0.2, -0.15) is 0 Å². The summed E-state index contributed by atoms with van der Waals surface area (Å²) in [6.45, 7) is 29.6. The summed E-state index contributed by atoms with van der Waals surface area (Å²) >= 11 is 1.48. The monoisotopic (exact) mass is 812 g/mol. The average molecular weight is 813 g/mol. The van der Waals surface area contributed by atoms with Gasteiger partial charge < -0.3 is 0 Å². The third-order valence-electron chi connectivity index (χ3n) is 6.76. The molecule has 6 aromatic rings. The first-order valence-corrected chi connectivity index (χ1v) is 18.2. The summed E-state index contributed by atoms with van der Waals surface area (Å²) in [7, 11) is 0. The molecule has 0 amide bonds. The van der Waals surface area contributed by atoms with Crippen molar-refractivity contribution in [1.82, 2.24) is 24.9 Å². The third-order valence-corrected chi connectivity index (χ3v) is 8.03. The van der Waals surface area contributed by atoms with Gasteiger partial charge in [-0.05, 0) is 61.9 Å². The predicted octanol–water partition coefficient (Wildman–Crippen LogP) is 11.5. The summed E-state index contributed by atoms with van der Waals surface area (Å²) < 4.78 is 2.14. The number of nitrogens with zero attached hydrogens (tertiary/aromatic N) is 5. The van der Waals surface area contributed by atoms with Gasteiger partial charge in [-0.25, -0.2) is 0 Å². The number of rotatable bonds is 2. The van der Waals surface area contributed by atoms with E-state index in [4.69, 9.17) is 6.58 Å². The molecule has 0 saturated carbocycles. The number of aromatic nitrogens is 5. The third kappa shape index (κ3) is 14.7. The normalized spacial score (nSPS) is 9.75. The van der Waals surface area contributed by atoms with Crippen LogP contribution in [-0.2, 0) is 19.4 Å². The van der Waals surface area contributed by atoms with Crippen LogP contribution in [0, 0.1) is 27.4 Å². The zero-order chi connectivity index (χ0) is 36.5. The second-order valence-electron chi connectivity index (χ2n) is 9.71. The Labute approximate surface area is 301 Å². The summed E-state index contributed by atoms with van der Waals surface area (Å²) in [5.41, 5.74) is 6.63. The second-order valence-corrected chi connectivity index (χ2v) is 10.6. The van der Waals surface area contributed by atoms with Crippen molar-refractivity contribution in [1.29, 1.82) is 0 Å². The molecule has 0 aliphatic rings. The van der Waals surface area contributed by atoms with E-state index in [9.17, 15) is 0 Å². The Hall–Kier alpha value is -4.21. The molecule has 0 radical (unpaired) electrons. The first kappa shape index (κ1) is 43.8. The molecule has 0 fully saturated rings. The van der Waals surface area contributed by atoms with E-state index in [1.165, 1.54) is 52.0 Å². The van der Waals surface area contributed by atoms with Gasteiger partial charge in [-0.1, -0.05) is 65.8 Å². The van der Waals surface area contributed by atoms with Gasteiger partial charge in [0, 0.05) is 82.0 Å². The molecule has 0 saturated heterocycles. The molecule has 0 aliphatic carbocycles. The van der Waals surface area contributed by atoms with E-state index in [1.807, 2.05) is 143 Å². The van der Waals surface area contributed by atoms with Crippen LogP contribution in [0.15, 0.2) is 115 Å². The molecule has 0 spiro atoms. The molecule has 48 heavy (non-hydrogen) atoms. The van der Waals surface area contributed by atoms with Crippen molar-refractivity contribution in [3.63, 3.8) is 0 Å². The topological polar surface area (TPSA) is 64.5 Å². The SMILES string of the molecule is CC.CC.CC.Cc1nccc2ccccc12.Cc1nccc2ccncc12.Cc1nccc2cnccc12.[CH-]=C(C)C(C)=C(C)[CH]=[W]. The van der Waals surface area contributed by atoms with Crippen molar-refractivity contribution in [2.45, 2.75) is 83.1 Å². The Morgan fingerprint density at radius 1 is 0.542 bits per heavy atom. The molecular formula is C42H54N5W-. The molecule has 6 rings (SSSR count). The Morgan fingerprint density at radius 2 is 0.958 bits per heavy atom. The van der Waals surface area contributed by atoms with Crippen LogP contribution >= 0.6 is 0 Å². The van der Waals surface area contributed by atoms with Crippen LogP contribution in [0.5, 0.6) is 0 Å². The standard InChI is InChI=1S/C10H9N.2C9H8N2.C8H11.3C2H6.W/c1-8-10-5-3-2-4-9(10)6-7-11-8;1-7-9-3-4-10-6-8(9)2-5-11-7;1-7-9-6-10-4-2-8(9)3-5-11-7;1-6(2)8(5)7(3)4;3*1-2;/h2-7H,1H3;2*2-6H,1H3;1,3H,2,4-5H3;3*1-2H3;/q;;;-1;;;;. The number of hydrogen-bond acceptors (Lipinski definition) is 5. The van der Waals surface area contributed by atoms with E-state index in [-0.39, 0.29) is 0 Å². The van der Waals surface area contributed by atoms with Crippen molar-refractivity contribution in [2.75, 3.05) is 0 Å². The zero-order valence-corrected chi connectivity index (χ0v) is 34.0. The van der Waals surface area contributed by atoms with Crippen LogP contribution in [0.25, 0.3) is 32.3 Å². The molecule has 0 bridgehead atoms. The predicted molar refractivity (Wildman–Crippen MR) is 207 cm³/mol. The molecule has 0 atom stereocenters. The fraction of sp³-hybridized carbons (Fsp3) is 0.286. The zero-order valence-electron chi connectivity index (χ0n) is 31.0. The fourth-order valence-corrected chi connectivity index (χ4v) is 4.62. The van der Waals surface area contributed by atoms with Gasteiger partial charge in [0.1, 0.15) is 0 Å². The minimum atomic E-state index is 0.921. The van der Waals surface area contributed by atoms with Crippen molar-refractivity contribution < 1.29 is 19.4 Å². The van der Waals surface area contributed by atoms with E-state index < -0.39 is 0 Å². The van der Waals surface area contributed by atoms with Crippen LogP contribution in [0.4, 0.5) is 0 Å². The quantitative estimate of drug-likeness (QED) is 0.129.